The van der Waals surface area contributed by atoms with Crippen molar-refractivity contribution in [3.05, 3.63) is 98.6 Å². The van der Waals surface area contributed by atoms with Gasteiger partial charge in [0.2, 0.25) is 0 Å². The molecule has 0 atom stereocenters. The summed E-state index contributed by atoms with van der Waals surface area (Å²) >= 11 is 6.22. The summed E-state index contributed by atoms with van der Waals surface area (Å²) in [6.07, 6.45) is 0. The number of nitro benzene ring substituents is 1. The number of rotatable bonds is 5. The van der Waals surface area contributed by atoms with E-state index in [9.17, 15) is 10.1 Å². The van der Waals surface area contributed by atoms with Crippen molar-refractivity contribution >= 4 is 34.5 Å². The number of nitrogens with one attached hydrogen (secondary N) is 1. The standard InChI is InChI=1S/C22H17ClN4O3/c1-2-30-18-10-5-15(6-11-18)22-24-20-12-7-16(23)13-19(20)21(25-26-22)14-3-8-17(9-4-14)27(28)29/h3-13H,2H2,1H3,(H,24,26). The second-order valence-electron chi connectivity index (χ2n) is 6.46. The molecule has 1 heterocycles. The van der Waals surface area contributed by atoms with Crippen molar-refractivity contribution in [2.24, 2.45) is 10.1 Å². The molecule has 0 saturated carbocycles. The average Bonchev–Trinajstić information content (AvgIpc) is 2.94. The molecule has 1 aliphatic heterocycles. The molecule has 1 aliphatic rings. The van der Waals surface area contributed by atoms with Gasteiger partial charge in [-0.15, -0.1) is 0 Å². The van der Waals surface area contributed by atoms with E-state index in [1.807, 2.05) is 37.3 Å². The summed E-state index contributed by atoms with van der Waals surface area (Å²) in [6.45, 7) is 2.52. The van der Waals surface area contributed by atoms with E-state index in [2.05, 4.69) is 10.5 Å². The van der Waals surface area contributed by atoms with Gasteiger partial charge >= 0.3 is 0 Å². The molecular weight excluding hydrogens is 404 g/mol. The molecule has 0 aromatic heterocycles. The zero-order valence-corrected chi connectivity index (χ0v) is 16.8. The molecule has 30 heavy (non-hydrogen) atoms. The van der Waals surface area contributed by atoms with E-state index >= 15 is 0 Å². The predicted octanol–water partition coefficient (Wildman–Crippen LogP) is 5.08. The Morgan fingerprint density at radius 3 is 2.40 bits per heavy atom. The molecule has 0 fully saturated rings. The highest BCUT2D eigenvalue weighted by Gasteiger charge is 2.18. The Kier molecular flexibility index (Phi) is 5.45. The van der Waals surface area contributed by atoms with Crippen LogP contribution in [0.2, 0.25) is 5.02 Å². The fraction of sp³-hybridized carbons (Fsp3) is 0.0909. The molecule has 0 bridgehead atoms. The summed E-state index contributed by atoms with van der Waals surface area (Å²) in [5.41, 5.74) is 6.59. The van der Waals surface area contributed by atoms with Crippen LogP contribution in [0.3, 0.4) is 0 Å². The predicted molar refractivity (Wildman–Crippen MR) is 117 cm³/mol. The van der Waals surface area contributed by atoms with Gasteiger partial charge in [0, 0.05) is 33.8 Å². The maximum atomic E-state index is 11.0. The Bertz CT molecular complexity index is 1160. The molecule has 150 valence electrons. The van der Waals surface area contributed by atoms with Gasteiger partial charge in [-0.2, -0.15) is 5.10 Å². The van der Waals surface area contributed by atoms with Gasteiger partial charge in [0.1, 0.15) is 11.5 Å². The van der Waals surface area contributed by atoms with Crippen molar-refractivity contribution in [3.63, 3.8) is 0 Å². The normalized spacial score (nSPS) is 12.7. The summed E-state index contributed by atoms with van der Waals surface area (Å²) in [5, 5.41) is 16.1. The van der Waals surface area contributed by atoms with Crippen molar-refractivity contribution in [2.45, 2.75) is 6.92 Å². The summed E-state index contributed by atoms with van der Waals surface area (Å²) in [5.74, 6) is 1.34. The molecule has 0 amide bonds. The molecule has 0 radical (unpaired) electrons. The number of hydrogen-bond donors (Lipinski definition) is 1. The number of non-ortho nitro benzene ring substituents is 1. The van der Waals surface area contributed by atoms with E-state index in [4.69, 9.17) is 21.3 Å². The molecule has 0 saturated heterocycles. The Morgan fingerprint density at radius 2 is 1.73 bits per heavy atom. The molecule has 4 rings (SSSR count). The van der Waals surface area contributed by atoms with Crippen LogP contribution in [-0.4, -0.2) is 23.1 Å². The van der Waals surface area contributed by atoms with Gasteiger partial charge in [0.05, 0.1) is 17.2 Å². The minimum absolute atomic E-state index is 0.0126. The number of nitrogens with zero attached hydrogens (tertiary/aromatic N) is 3. The van der Waals surface area contributed by atoms with E-state index in [1.165, 1.54) is 12.1 Å². The van der Waals surface area contributed by atoms with Crippen LogP contribution >= 0.6 is 11.6 Å². The zero-order chi connectivity index (χ0) is 21.1. The first-order valence-corrected chi connectivity index (χ1v) is 9.63. The fourth-order valence-corrected chi connectivity index (χ4v) is 3.25. The second-order valence-corrected chi connectivity index (χ2v) is 6.89. The van der Waals surface area contributed by atoms with Crippen LogP contribution < -0.4 is 10.2 Å². The quantitative estimate of drug-likeness (QED) is 0.460. The summed E-state index contributed by atoms with van der Waals surface area (Å²) in [6, 6.07) is 19.1. The van der Waals surface area contributed by atoms with Crippen LogP contribution in [0.5, 0.6) is 5.75 Å². The van der Waals surface area contributed by atoms with E-state index in [1.54, 1.807) is 24.3 Å². The highest BCUT2D eigenvalue weighted by atomic mass is 35.5. The maximum absolute atomic E-state index is 11.0. The van der Waals surface area contributed by atoms with Crippen LogP contribution in [0.15, 0.2) is 76.8 Å². The number of aliphatic imine (C=N–C) groups is 1. The monoisotopic (exact) mass is 420 g/mol. The number of halogens is 1. The van der Waals surface area contributed by atoms with Crippen LogP contribution in [0.4, 0.5) is 11.4 Å². The molecule has 0 unspecified atom stereocenters. The lowest BCUT2D eigenvalue weighted by atomic mass is 10.0. The third-order valence-corrected chi connectivity index (χ3v) is 4.74. The van der Waals surface area contributed by atoms with Gasteiger partial charge in [0.25, 0.3) is 5.69 Å². The smallest absolute Gasteiger partial charge is 0.269 e. The number of nitro groups is 1. The van der Waals surface area contributed by atoms with E-state index < -0.39 is 4.92 Å². The summed E-state index contributed by atoms with van der Waals surface area (Å²) in [4.78, 5) is 15.3. The van der Waals surface area contributed by atoms with Gasteiger partial charge < -0.3 is 4.74 Å². The third-order valence-electron chi connectivity index (χ3n) is 4.51. The first kappa shape index (κ1) is 19.6. The Hall–Kier alpha value is -3.71. The SMILES string of the molecule is CCOc1ccc(C2=Nc3ccc(Cl)cc3C(c3ccc([N+](=O)[O-])cc3)=NN2)cc1. The van der Waals surface area contributed by atoms with E-state index in [0.29, 0.717) is 34.4 Å². The van der Waals surface area contributed by atoms with Crippen molar-refractivity contribution in [1.29, 1.82) is 0 Å². The molecule has 0 aliphatic carbocycles. The van der Waals surface area contributed by atoms with Crippen molar-refractivity contribution in [2.75, 3.05) is 6.61 Å². The lowest BCUT2D eigenvalue weighted by molar-refractivity contribution is -0.384. The van der Waals surface area contributed by atoms with E-state index in [0.717, 1.165) is 16.9 Å². The lowest BCUT2D eigenvalue weighted by Gasteiger charge is -2.08. The zero-order valence-electron chi connectivity index (χ0n) is 16.0. The minimum atomic E-state index is -0.436. The van der Waals surface area contributed by atoms with E-state index in [-0.39, 0.29) is 5.69 Å². The average molecular weight is 421 g/mol. The van der Waals surface area contributed by atoms with Crippen LogP contribution in [-0.2, 0) is 0 Å². The topological polar surface area (TPSA) is 89.1 Å². The first-order valence-electron chi connectivity index (χ1n) is 9.25. The van der Waals surface area contributed by atoms with Gasteiger partial charge in [-0.05, 0) is 61.5 Å². The number of hydrazone groups is 1. The molecule has 8 heteroatoms. The Balaban J connectivity index is 1.76. The third kappa shape index (κ3) is 4.01. The molecular formula is C22H17ClN4O3. The molecule has 3 aromatic carbocycles. The summed E-state index contributed by atoms with van der Waals surface area (Å²) in [7, 11) is 0. The first-order chi connectivity index (χ1) is 14.5. The minimum Gasteiger partial charge on any atom is -0.494 e. The molecule has 1 N–H and O–H groups in total. The maximum Gasteiger partial charge on any atom is 0.269 e. The van der Waals surface area contributed by atoms with Gasteiger partial charge in [0.15, 0.2) is 5.84 Å². The lowest BCUT2D eigenvalue weighted by Crippen LogP contribution is -2.19. The van der Waals surface area contributed by atoms with Crippen molar-refractivity contribution in [1.82, 2.24) is 5.43 Å². The summed E-state index contributed by atoms with van der Waals surface area (Å²) < 4.78 is 5.49. The molecule has 3 aromatic rings. The van der Waals surface area contributed by atoms with Crippen LogP contribution in [0.25, 0.3) is 0 Å². The number of amidine groups is 1. The Morgan fingerprint density at radius 1 is 1.03 bits per heavy atom. The number of benzene rings is 3. The van der Waals surface area contributed by atoms with Crippen molar-refractivity contribution < 1.29 is 9.66 Å². The Labute approximate surface area is 177 Å². The van der Waals surface area contributed by atoms with Gasteiger partial charge in [-0.25, -0.2) is 4.99 Å². The highest BCUT2D eigenvalue weighted by Crippen LogP contribution is 2.29. The fourth-order valence-electron chi connectivity index (χ4n) is 3.08. The largest absolute Gasteiger partial charge is 0.494 e. The van der Waals surface area contributed by atoms with Gasteiger partial charge in [-0.3, -0.25) is 15.5 Å². The van der Waals surface area contributed by atoms with Gasteiger partial charge in [-0.1, -0.05) is 11.6 Å². The molecule has 7 nitrogen and oxygen atoms in total. The second kappa shape index (κ2) is 8.34. The number of fused-ring (bicyclic) bond motifs is 1. The molecule has 0 spiro atoms. The van der Waals surface area contributed by atoms with Crippen molar-refractivity contribution in [3.8, 4) is 5.75 Å². The highest BCUT2D eigenvalue weighted by molar-refractivity contribution is 6.31. The van der Waals surface area contributed by atoms with Crippen LogP contribution in [0.1, 0.15) is 23.6 Å². The number of hydrogen-bond acceptors (Lipinski definition) is 6. The number of ether oxygens (including phenoxy) is 1. The van der Waals surface area contributed by atoms with Crippen LogP contribution in [0, 0.1) is 10.1 Å².